The van der Waals surface area contributed by atoms with Crippen molar-refractivity contribution in [2.45, 2.75) is 90.6 Å². The van der Waals surface area contributed by atoms with Gasteiger partial charge >= 0.3 is 5.97 Å². The SMILES string of the molecule is CC(C)CC(NC(=O)C(NC(=O)C(CC(C)C)NC(=O)C(N)CCC(N)=O)C(C)O)C(=O)O. The number of carboxylic acids is 1. The first-order valence-electron chi connectivity index (χ1n) is 11.0. The number of aliphatic hydroxyl groups is 1. The zero-order chi connectivity index (χ0) is 25.9. The topological polar surface area (TPSA) is 214 Å². The summed E-state index contributed by atoms with van der Waals surface area (Å²) in [7, 11) is 0. The van der Waals surface area contributed by atoms with E-state index in [0.717, 1.165) is 0 Å². The molecule has 0 aromatic heterocycles. The minimum absolute atomic E-state index is 0.00230. The lowest BCUT2D eigenvalue weighted by Crippen LogP contribution is -2.60. The summed E-state index contributed by atoms with van der Waals surface area (Å²) in [5, 5.41) is 26.6. The van der Waals surface area contributed by atoms with Crippen LogP contribution in [0.15, 0.2) is 0 Å². The number of aliphatic hydroxyl groups excluding tert-OH is 1. The Bertz CT molecular complexity index is 696. The lowest BCUT2D eigenvalue weighted by Gasteiger charge is -2.27. The second-order valence-electron chi connectivity index (χ2n) is 9.06. The fourth-order valence-electron chi connectivity index (χ4n) is 3.02. The Morgan fingerprint density at radius 3 is 1.70 bits per heavy atom. The van der Waals surface area contributed by atoms with Crippen molar-refractivity contribution >= 4 is 29.6 Å². The predicted molar refractivity (Wildman–Crippen MR) is 120 cm³/mol. The van der Waals surface area contributed by atoms with E-state index < -0.39 is 59.9 Å². The van der Waals surface area contributed by atoms with Gasteiger partial charge in [0.2, 0.25) is 23.6 Å². The number of primary amides is 1. The molecule has 0 aromatic rings. The van der Waals surface area contributed by atoms with Gasteiger partial charge in [-0.05, 0) is 38.0 Å². The van der Waals surface area contributed by atoms with Crippen molar-refractivity contribution in [1.29, 1.82) is 0 Å². The first-order valence-corrected chi connectivity index (χ1v) is 11.0. The normalized spacial score (nSPS) is 15.8. The number of hydrogen-bond donors (Lipinski definition) is 7. The van der Waals surface area contributed by atoms with Crippen LogP contribution in [0.5, 0.6) is 0 Å². The third-order valence-electron chi connectivity index (χ3n) is 4.76. The molecule has 0 aliphatic heterocycles. The van der Waals surface area contributed by atoms with Crippen LogP contribution in [0.1, 0.15) is 60.3 Å². The number of carbonyl (C=O) groups excluding carboxylic acids is 4. The molecule has 9 N–H and O–H groups in total. The summed E-state index contributed by atoms with van der Waals surface area (Å²) in [6, 6.07) is -4.77. The van der Waals surface area contributed by atoms with Gasteiger partial charge in [-0.15, -0.1) is 0 Å². The van der Waals surface area contributed by atoms with Crippen molar-refractivity contribution in [3.63, 3.8) is 0 Å². The fraction of sp³-hybridized carbons (Fsp3) is 0.762. The van der Waals surface area contributed by atoms with Crippen molar-refractivity contribution in [2.75, 3.05) is 0 Å². The first-order chi connectivity index (χ1) is 15.1. The van der Waals surface area contributed by atoms with Crippen LogP contribution in [-0.2, 0) is 24.0 Å². The molecular formula is C21H39N5O7. The van der Waals surface area contributed by atoms with E-state index >= 15 is 0 Å². The minimum Gasteiger partial charge on any atom is -0.480 e. The average Bonchev–Trinajstić information content (AvgIpc) is 2.67. The molecule has 0 heterocycles. The van der Waals surface area contributed by atoms with E-state index in [4.69, 9.17) is 11.5 Å². The molecule has 0 aromatic carbocycles. The third kappa shape index (κ3) is 12.2. The van der Waals surface area contributed by atoms with Crippen molar-refractivity contribution < 1.29 is 34.2 Å². The van der Waals surface area contributed by atoms with Gasteiger partial charge in [0, 0.05) is 6.42 Å². The van der Waals surface area contributed by atoms with Crippen molar-refractivity contribution in [2.24, 2.45) is 23.3 Å². The van der Waals surface area contributed by atoms with E-state index in [1.165, 1.54) is 6.92 Å². The Morgan fingerprint density at radius 1 is 0.788 bits per heavy atom. The smallest absolute Gasteiger partial charge is 0.326 e. The van der Waals surface area contributed by atoms with Gasteiger partial charge in [-0.2, -0.15) is 0 Å². The summed E-state index contributed by atoms with van der Waals surface area (Å²) in [5.41, 5.74) is 10.8. The van der Waals surface area contributed by atoms with Crippen LogP contribution in [0.3, 0.4) is 0 Å². The number of carboxylic acid groups (broad SMARTS) is 1. The molecule has 0 aliphatic rings. The van der Waals surface area contributed by atoms with E-state index in [2.05, 4.69) is 16.0 Å². The third-order valence-corrected chi connectivity index (χ3v) is 4.76. The molecule has 0 rings (SSSR count). The molecule has 190 valence electrons. The molecule has 5 atom stereocenters. The molecular weight excluding hydrogens is 434 g/mol. The summed E-state index contributed by atoms with van der Waals surface area (Å²) < 4.78 is 0. The number of aliphatic carboxylic acids is 1. The summed E-state index contributed by atoms with van der Waals surface area (Å²) in [6.07, 6.45) is -1.06. The van der Waals surface area contributed by atoms with E-state index in [1.54, 1.807) is 13.8 Å². The maximum Gasteiger partial charge on any atom is 0.326 e. The molecule has 0 bridgehead atoms. The Hall–Kier alpha value is -2.73. The second kappa shape index (κ2) is 14.4. The van der Waals surface area contributed by atoms with Crippen LogP contribution in [0.4, 0.5) is 0 Å². The van der Waals surface area contributed by atoms with E-state index in [1.807, 2.05) is 13.8 Å². The molecule has 0 fully saturated rings. The largest absolute Gasteiger partial charge is 0.480 e. The van der Waals surface area contributed by atoms with Gasteiger partial charge < -0.3 is 37.6 Å². The standard InChI is InChI=1S/C21H39N5O7/c1-10(2)8-14(24-18(29)13(22)6-7-16(23)28)19(30)26-17(12(5)27)20(31)25-15(21(32)33)9-11(3)4/h10-15,17,27H,6-9,22H2,1-5H3,(H2,23,28)(H,24,29)(H,25,31)(H,26,30)(H,32,33). The highest BCUT2D eigenvalue weighted by molar-refractivity contribution is 5.94. The molecule has 12 heteroatoms. The van der Waals surface area contributed by atoms with Crippen LogP contribution < -0.4 is 27.4 Å². The van der Waals surface area contributed by atoms with E-state index in [9.17, 15) is 34.2 Å². The number of carbonyl (C=O) groups is 5. The Balaban J connectivity index is 5.40. The summed E-state index contributed by atoms with van der Waals surface area (Å²) >= 11 is 0. The zero-order valence-electron chi connectivity index (χ0n) is 20.0. The lowest BCUT2D eigenvalue weighted by atomic mass is 10.0. The van der Waals surface area contributed by atoms with Gasteiger partial charge in [0.25, 0.3) is 0 Å². The highest BCUT2D eigenvalue weighted by Crippen LogP contribution is 2.09. The number of amides is 4. The Labute approximate surface area is 194 Å². The Morgan fingerprint density at radius 2 is 1.27 bits per heavy atom. The highest BCUT2D eigenvalue weighted by Gasteiger charge is 2.33. The molecule has 0 aliphatic carbocycles. The van der Waals surface area contributed by atoms with E-state index in [0.29, 0.717) is 0 Å². The molecule has 0 spiro atoms. The molecule has 4 amide bonds. The predicted octanol–water partition coefficient (Wildman–Crippen LogP) is -1.41. The lowest BCUT2D eigenvalue weighted by molar-refractivity contribution is -0.143. The van der Waals surface area contributed by atoms with Crippen LogP contribution in [0, 0.1) is 11.8 Å². The summed E-state index contributed by atoms with van der Waals surface area (Å²) in [6.45, 7) is 8.51. The minimum atomic E-state index is -1.44. The maximum absolute atomic E-state index is 12.9. The van der Waals surface area contributed by atoms with Gasteiger partial charge in [-0.25, -0.2) is 4.79 Å². The molecule has 33 heavy (non-hydrogen) atoms. The second-order valence-corrected chi connectivity index (χ2v) is 9.06. The van der Waals surface area contributed by atoms with Crippen molar-refractivity contribution in [1.82, 2.24) is 16.0 Å². The molecule has 0 saturated heterocycles. The van der Waals surface area contributed by atoms with Gasteiger partial charge in [0.1, 0.15) is 18.1 Å². The summed E-state index contributed by atoms with van der Waals surface area (Å²) in [4.78, 5) is 60.2. The fourth-order valence-corrected chi connectivity index (χ4v) is 3.02. The number of nitrogens with two attached hydrogens (primary N) is 2. The highest BCUT2D eigenvalue weighted by atomic mass is 16.4. The van der Waals surface area contributed by atoms with Crippen LogP contribution in [0.2, 0.25) is 0 Å². The van der Waals surface area contributed by atoms with Gasteiger partial charge in [-0.3, -0.25) is 19.2 Å². The maximum atomic E-state index is 12.9. The molecule has 12 nitrogen and oxygen atoms in total. The van der Waals surface area contributed by atoms with Crippen LogP contribution in [0.25, 0.3) is 0 Å². The van der Waals surface area contributed by atoms with Crippen molar-refractivity contribution in [3.05, 3.63) is 0 Å². The average molecular weight is 474 g/mol. The van der Waals surface area contributed by atoms with Crippen molar-refractivity contribution in [3.8, 4) is 0 Å². The first kappa shape index (κ1) is 30.3. The quantitative estimate of drug-likeness (QED) is 0.150. The monoisotopic (exact) mass is 473 g/mol. The molecule has 0 saturated carbocycles. The van der Waals surface area contributed by atoms with Gasteiger partial charge in [0.05, 0.1) is 12.1 Å². The van der Waals surface area contributed by atoms with E-state index in [-0.39, 0.29) is 37.5 Å². The Kier molecular flexibility index (Phi) is 13.2. The van der Waals surface area contributed by atoms with Crippen LogP contribution >= 0.6 is 0 Å². The van der Waals surface area contributed by atoms with Gasteiger partial charge in [0.15, 0.2) is 0 Å². The molecule has 0 radical (unpaired) electrons. The number of rotatable bonds is 15. The van der Waals surface area contributed by atoms with Crippen LogP contribution in [-0.4, -0.2) is 70.1 Å². The number of hydrogen-bond acceptors (Lipinski definition) is 7. The zero-order valence-corrected chi connectivity index (χ0v) is 20.0. The molecule has 5 unspecified atom stereocenters. The number of nitrogens with one attached hydrogen (secondary N) is 3. The summed E-state index contributed by atoms with van der Waals surface area (Å²) in [5.74, 6) is -4.16. The van der Waals surface area contributed by atoms with Gasteiger partial charge in [-0.1, -0.05) is 27.7 Å².